The maximum Gasteiger partial charge on any atom is 0.123 e. The molecular weight excluding hydrogens is 238 g/mol. The van der Waals surface area contributed by atoms with Crippen LogP contribution in [0, 0.1) is 5.92 Å². The summed E-state index contributed by atoms with van der Waals surface area (Å²) in [4.78, 5) is 0. The molecule has 0 fully saturated rings. The fraction of sp³-hybridized carbons (Fsp3) is 0.538. The maximum absolute atomic E-state index is 9.98. The second-order valence-corrected chi connectivity index (χ2v) is 4.46. The maximum atomic E-state index is 9.98. The highest BCUT2D eigenvalue weighted by Crippen LogP contribution is 2.27. The number of benzene rings is 1. The van der Waals surface area contributed by atoms with Crippen LogP contribution in [0.1, 0.15) is 31.9 Å². The number of halogens is 1. The first-order chi connectivity index (χ1) is 7.56. The van der Waals surface area contributed by atoms with E-state index in [1.54, 1.807) is 7.11 Å². The molecule has 1 rings (SSSR count). The van der Waals surface area contributed by atoms with Gasteiger partial charge in [-0.05, 0) is 18.4 Å². The van der Waals surface area contributed by atoms with Gasteiger partial charge in [-0.15, -0.1) is 12.4 Å². The second kappa shape index (κ2) is 7.54. The van der Waals surface area contributed by atoms with Crippen LogP contribution in [-0.2, 0) is 0 Å². The van der Waals surface area contributed by atoms with Crippen molar-refractivity contribution >= 4 is 12.4 Å². The molecule has 0 saturated heterocycles. The van der Waals surface area contributed by atoms with Crippen molar-refractivity contribution in [2.24, 2.45) is 11.7 Å². The Kier molecular flexibility index (Phi) is 7.19. The molecule has 0 bridgehead atoms. The lowest BCUT2D eigenvalue weighted by molar-refractivity contribution is 0.120. The molecule has 2 atom stereocenters. The number of para-hydroxylation sites is 1. The lowest BCUT2D eigenvalue weighted by atomic mass is 9.95. The summed E-state index contributed by atoms with van der Waals surface area (Å²) in [6.45, 7) is 4.14. The van der Waals surface area contributed by atoms with Crippen LogP contribution in [0.2, 0.25) is 0 Å². The Bertz CT molecular complexity index is 331. The molecule has 0 amide bonds. The van der Waals surface area contributed by atoms with Gasteiger partial charge in [-0.1, -0.05) is 32.0 Å². The summed E-state index contributed by atoms with van der Waals surface area (Å²) in [6, 6.07) is 7.16. The Balaban J connectivity index is 0.00000256. The van der Waals surface area contributed by atoms with Gasteiger partial charge in [0.1, 0.15) is 5.75 Å². The zero-order chi connectivity index (χ0) is 12.1. The highest BCUT2D eigenvalue weighted by atomic mass is 35.5. The number of hydrogen-bond acceptors (Lipinski definition) is 3. The van der Waals surface area contributed by atoms with Crippen LogP contribution >= 0.6 is 12.4 Å². The van der Waals surface area contributed by atoms with Crippen LogP contribution in [0.4, 0.5) is 0 Å². The van der Waals surface area contributed by atoms with Gasteiger partial charge in [-0.3, -0.25) is 0 Å². The standard InChI is InChI=1S/C13H21NO2.ClH/c1-9(2)8-11(15)13(14)10-6-4-5-7-12(10)16-3;/h4-7,9,11,13,15H,8,14H2,1-3H3;1H/t11-,13+;/m0./s1. The van der Waals surface area contributed by atoms with E-state index in [-0.39, 0.29) is 12.4 Å². The number of nitrogens with two attached hydrogens (primary N) is 1. The summed E-state index contributed by atoms with van der Waals surface area (Å²) in [5, 5.41) is 9.98. The van der Waals surface area contributed by atoms with Gasteiger partial charge in [0.25, 0.3) is 0 Å². The first-order valence-corrected chi connectivity index (χ1v) is 5.62. The third kappa shape index (κ3) is 4.54. The minimum Gasteiger partial charge on any atom is -0.496 e. The molecule has 1 aromatic rings. The molecule has 0 radical (unpaired) electrons. The summed E-state index contributed by atoms with van der Waals surface area (Å²) >= 11 is 0. The molecule has 0 heterocycles. The van der Waals surface area contributed by atoms with E-state index in [2.05, 4.69) is 13.8 Å². The molecule has 3 N–H and O–H groups in total. The highest BCUT2D eigenvalue weighted by molar-refractivity contribution is 5.85. The molecule has 0 aliphatic carbocycles. The minimum absolute atomic E-state index is 0. The van der Waals surface area contributed by atoms with Gasteiger partial charge < -0.3 is 15.6 Å². The Morgan fingerprint density at radius 1 is 1.29 bits per heavy atom. The van der Waals surface area contributed by atoms with Gasteiger partial charge in [0.05, 0.1) is 19.3 Å². The summed E-state index contributed by atoms with van der Waals surface area (Å²) in [5.41, 5.74) is 6.89. The summed E-state index contributed by atoms with van der Waals surface area (Å²) in [7, 11) is 1.61. The molecule has 4 heteroatoms. The average molecular weight is 260 g/mol. The fourth-order valence-electron chi connectivity index (χ4n) is 1.78. The van der Waals surface area contributed by atoms with Crippen molar-refractivity contribution in [2.45, 2.75) is 32.4 Å². The van der Waals surface area contributed by atoms with E-state index in [0.29, 0.717) is 12.3 Å². The van der Waals surface area contributed by atoms with Crippen LogP contribution < -0.4 is 10.5 Å². The second-order valence-electron chi connectivity index (χ2n) is 4.46. The van der Waals surface area contributed by atoms with Gasteiger partial charge >= 0.3 is 0 Å². The topological polar surface area (TPSA) is 55.5 Å². The number of methoxy groups -OCH3 is 1. The number of hydrogen-bond donors (Lipinski definition) is 2. The van der Waals surface area contributed by atoms with Crippen molar-refractivity contribution in [3.8, 4) is 5.75 Å². The molecule has 1 aromatic carbocycles. The van der Waals surface area contributed by atoms with E-state index in [0.717, 1.165) is 11.3 Å². The van der Waals surface area contributed by atoms with Crippen LogP contribution in [0.15, 0.2) is 24.3 Å². The molecule has 3 nitrogen and oxygen atoms in total. The predicted molar refractivity (Wildman–Crippen MR) is 72.6 cm³/mol. The van der Waals surface area contributed by atoms with E-state index in [1.165, 1.54) is 0 Å². The van der Waals surface area contributed by atoms with E-state index in [4.69, 9.17) is 10.5 Å². The third-order valence-corrected chi connectivity index (χ3v) is 2.63. The largest absolute Gasteiger partial charge is 0.496 e. The van der Waals surface area contributed by atoms with E-state index < -0.39 is 12.1 Å². The molecule has 0 saturated carbocycles. The van der Waals surface area contributed by atoms with Gasteiger partial charge in [-0.25, -0.2) is 0 Å². The van der Waals surface area contributed by atoms with Crippen LogP contribution in [0.3, 0.4) is 0 Å². The van der Waals surface area contributed by atoms with Crippen molar-refractivity contribution in [1.82, 2.24) is 0 Å². The quantitative estimate of drug-likeness (QED) is 0.854. The molecule has 0 aromatic heterocycles. The van der Waals surface area contributed by atoms with Gasteiger partial charge in [0.15, 0.2) is 0 Å². The lowest BCUT2D eigenvalue weighted by Crippen LogP contribution is -2.27. The van der Waals surface area contributed by atoms with E-state index in [1.807, 2.05) is 24.3 Å². The zero-order valence-corrected chi connectivity index (χ0v) is 11.4. The monoisotopic (exact) mass is 259 g/mol. The minimum atomic E-state index is -0.531. The van der Waals surface area contributed by atoms with Crippen molar-refractivity contribution in [1.29, 1.82) is 0 Å². The first-order valence-electron chi connectivity index (χ1n) is 5.62. The Morgan fingerprint density at radius 2 is 1.88 bits per heavy atom. The summed E-state index contributed by atoms with van der Waals surface area (Å²) in [5.74, 6) is 1.16. The first kappa shape index (κ1) is 16.2. The van der Waals surface area contributed by atoms with Gasteiger partial charge in [0.2, 0.25) is 0 Å². The van der Waals surface area contributed by atoms with Gasteiger partial charge in [0, 0.05) is 5.56 Å². The van der Waals surface area contributed by atoms with Crippen molar-refractivity contribution in [2.75, 3.05) is 7.11 Å². The normalized spacial score (nSPS) is 14.0. The third-order valence-electron chi connectivity index (χ3n) is 2.63. The molecule has 0 aliphatic rings. The Morgan fingerprint density at radius 3 is 2.41 bits per heavy atom. The summed E-state index contributed by atoms with van der Waals surface area (Å²) in [6.07, 6.45) is 0.162. The average Bonchev–Trinajstić information content (AvgIpc) is 2.27. The number of aliphatic hydroxyl groups is 1. The van der Waals surface area contributed by atoms with E-state index in [9.17, 15) is 5.11 Å². The van der Waals surface area contributed by atoms with Crippen LogP contribution in [0.25, 0.3) is 0 Å². The van der Waals surface area contributed by atoms with Crippen molar-refractivity contribution < 1.29 is 9.84 Å². The zero-order valence-electron chi connectivity index (χ0n) is 10.6. The molecular formula is C13H22ClNO2. The number of rotatable bonds is 5. The van der Waals surface area contributed by atoms with Crippen molar-refractivity contribution in [3.63, 3.8) is 0 Å². The molecule has 17 heavy (non-hydrogen) atoms. The number of ether oxygens (including phenoxy) is 1. The Hall–Kier alpha value is -0.770. The summed E-state index contributed by atoms with van der Waals surface area (Å²) < 4.78 is 5.23. The predicted octanol–water partition coefficient (Wildman–Crippen LogP) is 2.52. The Labute approximate surface area is 109 Å². The van der Waals surface area contributed by atoms with Gasteiger partial charge in [-0.2, -0.15) is 0 Å². The molecule has 98 valence electrons. The van der Waals surface area contributed by atoms with Crippen LogP contribution in [-0.4, -0.2) is 18.3 Å². The molecule has 0 unspecified atom stereocenters. The number of aliphatic hydroxyl groups excluding tert-OH is 1. The molecule has 0 aliphatic heterocycles. The fourth-order valence-corrected chi connectivity index (χ4v) is 1.78. The molecule has 0 spiro atoms. The van der Waals surface area contributed by atoms with Crippen LogP contribution in [0.5, 0.6) is 5.75 Å². The van der Waals surface area contributed by atoms with E-state index >= 15 is 0 Å². The SMILES string of the molecule is COc1ccccc1[C@@H](N)[C@@H](O)CC(C)C.Cl. The lowest BCUT2D eigenvalue weighted by Gasteiger charge is -2.22. The smallest absolute Gasteiger partial charge is 0.123 e. The van der Waals surface area contributed by atoms with Crippen molar-refractivity contribution in [3.05, 3.63) is 29.8 Å². The highest BCUT2D eigenvalue weighted by Gasteiger charge is 2.20.